The molecule has 0 saturated heterocycles. The smallest absolute Gasteiger partial charge is 0.251 e. The highest BCUT2D eigenvalue weighted by molar-refractivity contribution is 5.95. The lowest BCUT2D eigenvalue weighted by Crippen LogP contribution is -2.35. The van der Waals surface area contributed by atoms with Crippen LogP contribution < -0.4 is 14.8 Å². The molecule has 0 spiro atoms. The molecule has 3 aromatic rings. The van der Waals surface area contributed by atoms with Crippen LogP contribution >= 0.6 is 0 Å². The van der Waals surface area contributed by atoms with E-state index in [9.17, 15) is 4.79 Å². The van der Waals surface area contributed by atoms with Crippen molar-refractivity contribution in [1.29, 1.82) is 0 Å². The lowest BCUT2D eigenvalue weighted by atomic mass is 10.1. The van der Waals surface area contributed by atoms with Gasteiger partial charge in [-0.25, -0.2) is 4.98 Å². The summed E-state index contributed by atoms with van der Waals surface area (Å²) in [6.45, 7) is 3.73. The average molecular weight is 365 g/mol. The molecule has 7 nitrogen and oxygen atoms in total. The van der Waals surface area contributed by atoms with E-state index >= 15 is 0 Å². The van der Waals surface area contributed by atoms with Crippen LogP contribution in [0.25, 0.3) is 11.0 Å². The number of hydrogen-bond acceptors (Lipinski definition) is 5. The normalized spacial score (nSPS) is 17.7. The zero-order valence-corrected chi connectivity index (χ0v) is 14.9. The number of nitrogens with zero attached hydrogens (tertiary/aromatic N) is 2. The van der Waals surface area contributed by atoms with E-state index in [0.717, 1.165) is 16.9 Å². The van der Waals surface area contributed by atoms with Crippen molar-refractivity contribution < 1.29 is 19.0 Å². The van der Waals surface area contributed by atoms with Crippen molar-refractivity contribution in [2.75, 3.05) is 19.9 Å². The fourth-order valence-corrected chi connectivity index (χ4v) is 3.62. The number of carbonyl (C=O) groups is 1. The summed E-state index contributed by atoms with van der Waals surface area (Å²) in [7, 11) is 0. The average Bonchev–Trinajstić information content (AvgIpc) is 3.29. The summed E-state index contributed by atoms with van der Waals surface area (Å²) in [6, 6.07) is 11.4. The Morgan fingerprint density at radius 1 is 1.22 bits per heavy atom. The number of fused-ring (bicyclic) bond motifs is 4. The molecule has 0 radical (unpaired) electrons. The Hall–Kier alpha value is -3.06. The van der Waals surface area contributed by atoms with Gasteiger partial charge in [-0.1, -0.05) is 6.07 Å². The molecule has 3 heterocycles. The fourth-order valence-electron chi connectivity index (χ4n) is 3.62. The van der Waals surface area contributed by atoms with Gasteiger partial charge < -0.3 is 24.1 Å². The quantitative estimate of drug-likeness (QED) is 0.772. The molecule has 1 unspecified atom stereocenters. The Kier molecular flexibility index (Phi) is 3.75. The molecule has 2 aliphatic heterocycles. The second kappa shape index (κ2) is 6.28. The summed E-state index contributed by atoms with van der Waals surface area (Å²) in [4.78, 5) is 17.2. The number of nitrogens with one attached hydrogen (secondary N) is 1. The summed E-state index contributed by atoms with van der Waals surface area (Å²) in [5, 5.41) is 3.01. The van der Waals surface area contributed by atoms with Crippen molar-refractivity contribution in [3.05, 3.63) is 53.3 Å². The minimum atomic E-state index is -0.152. The molecule has 7 heteroatoms. The van der Waals surface area contributed by atoms with E-state index < -0.39 is 0 Å². The number of benzene rings is 2. The number of amides is 1. The van der Waals surface area contributed by atoms with Crippen molar-refractivity contribution in [2.24, 2.45) is 0 Å². The van der Waals surface area contributed by atoms with E-state index in [1.54, 1.807) is 18.2 Å². The van der Waals surface area contributed by atoms with Crippen LogP contribution in [0.5, 0.6) is 11.5 Å². The molecule has 27 heavy (non-hydrogen) atoms. The molecule has 0 aliphatic carbocycles. The molecule has 0 saturated carbocycles. The van der Waals surface area contributed by atoms with E-state index in [2.05, 4.69) is 33.9 Å². The summed E-state index contributed by atoms with van der Waals surface area (Å²) in [5.74, 6) is 2.00. The Morgan fingerprint density at radius 3 is 3.04 bits per heavy atom. The summed E-state index contributed by atoms with van der Waals surface area (Å²) in [6.07, 6.45) is 0. The van der Waals surface area contributed by atoms with Gasteiger partial charge in [0.1, 0.15) is 12.4 Å². The van der Waals surface area contributed by atoms with Crippen LogP contribution in [-0.2, 0) is 11.3 Å². The van der Waals surface area contributed by atoms with Gasteiger partial charge in [-0.2, -0.15) is 0 Å². The largest absolute Gasteiger partial charge is 0.454 e. The lowest BCUT2D eigenvalue weighted by Gasteiger charge is -2.26. The van der Waals surface area contributed by atoms with Gasteiger partial charge >= 0.3 is 0 Å². The maximum Gasteiger partial charge on any atom is 0.251 e. The number of hydrogen-bond donors (Lipinski definition) is 1. The van der Waals surface area contributed by atoms with Crippen LogP contribution in [0.1, 0.15) is 27.8 Å². The summed E-state index contributed by atoms with van der Waals surface area (Å²) < 4.78 is 18.5. The van der Waals surface area contributed by atoms with Crippen molar-refractivity contribution in [3.8, 4) is 11.5 Å². The van der Waals surface area contributed by atoms with Crippen LogP contribution in [0.2, 0.25) is 0 Å². The predicted molar refractivity (Wildman–Crippen MR) is 98.1 cm³/mol. The first-order valence-corrected chi connectivity index (χ1v) is 8.92. The monoisotopic (exact) mass is 365 g/mol. The first-order valence-electron chi connectivity index (χ1n) is 8.92. The topological polar surface area (TPSA) is 74.6 Å². The van der Waals surface area contributed by atoms with Gasteiger partial charge in [0, 0.05) is 12.1 Å². The van der Waals surface area contributed by atoms with E-state index in [1.165, 1.54) is 5.56 Å². The van der Waals surface area contributed by atoms with Gasteiger partial charge in [-0.15, -0.1) is 0 Å². The highest BCUT2D eigenvalue weighted by Crippen LogP contribution is 2.32. The highest BCUT2D eigenvalue weighted by Gasteiger charge is 2.25. The van der Waals surface area contributed by atoms with Crippen LogP contribution in [-0.4, -0.2) is 35.4 Å². The SMILES string of the molecule is Cc1ccc2nc3n(c2c1)C(CNC(=O)c1ccc2c(c1)OCO2)COC3. The van der Waals surface area contributed by atoms with Gasteiger partial charge in [-0.05, 0) is 42.8 Å². The van der Waals surface area contributed by atoms with Crippen LogP contribution in [0.15, 0.2) is 36.4 Å². The minimum Gasteiger partial charge on any atom is -0.454 e. The molecule has 1 amide bonds. The van der Waals surface area contributed by atoms with E-state index in [1.807, 2.05) is 6.07 Å². The number of imidazole rings is 1. The fraction of sp³-hybridized carbons (Fsp3) is 0.300. The van der Waals surface area contributed by atoms with Gasteiger partial charge in [0.25, 0.3) is 5.91 Å². The summed E-state index contributed by atoms with van der Waals surface area (Å²) >= 11 is 0. The molecule has 0 fully saturated rings. The Bertz CT molecular complexity index is 1040. The third kappa shape index (κ3) is 2.80. The molecule has 5 rings (SSSR count). The summed E-state index contributed by atoms with van der Waals surface area (Å²) in [5.41, 5.74) is 3.76. The molecular weight excluding hydrogens is 346 g/mol. The number of carbonyl (C=O) groups excluding carboxylic acids is 1. The second-order valence-electron chi connectivity index (χ2n) is 6.84. The van der Waals surface area contributed by atoms with Crippen molar-refractivity contribution >= 4 is 16.9 Å². The number of aromatic nitrogens is 2. The molecule has 1 N–H and O–H groups in total. The van der Waals surface area contributed by atoms with Crippen molar-refractivity contribution in [3.63, 3.8) is 0 Å². The molecule has 0 bridgehead atoms. The van der Waals surface area contributed by atoms with Gasteiger partial charge in [-0.3, -0.25) is 4.79 Å². The van der Waals surface area contributed by atoms with Crippen molar-refractivity contribution in [2.45, 2.75) is 19.6 Å². The van der Waals surface area contributed by atoms with E-state index in [4.69, 9.17) is 14.2 Å². The van der Waals surface area contributed by atoms with Crippen molar-refractivity contribution in [1.82, 2.24) is 14.9 Å². The highest BCUT2D eigenvalue weighted by atomic mass is 16.7. The number of ether oxygens (including phenoxy) is 3. The van der Waals surface area contributed by atoms with Crippen LogP contribution in [0.4, 0.5) is 0 Å². The first-order chi connectivity index (χ1) is 13.2. The maximum absolute atomic E-state index is 12.6. The zero-order valence-electron chi connectivity index (χ0n) is 14.9. The van der Waals surface area contributed by atoms with Gasteiger partial charge in [0.05, 0.1) is 23.7 Å². The third-order valence-electron chi connectivity index (χ3n) is 4.96. The predicted octanol–water partition coefficient (Wildman–Crippen LogP) is 2.57. The Balaban J connectivity index is 1.37. The molecular formula is C20H19N3O4. The number of rotatable bonds is 3. The molecule has 2 aromatic carbocycles. The minimum absolute atomic E-state index is 0.00138. The Morgan fingerprint density at radius 2 is 2.11 bits per heavy atom. The number of aryl methyl sites for hydroxylation is 1. The molecule has 2 aliphatic rings. The molecule has 1 aromatic heterocycles. The first kappa shape index (κ1) is 16.1. The Labute approximate surface area is 155 Å². The van der Waals surface area contributed by atoms with E-state index in [-0.39, 0.29) is 18.7 Å². The van der Waals surface area contributed by atoms with E-state index in [0.29, 0.717) is 36.8 Å². The van der Waals surface area contributed by atoms with Gasteiger partial charge in [0.2, 0.25) is 6.79 Å². The zero-order chi connectivity index (χ0) is 18.4. The van der Waals surface area contributed by atoms with Crippen LogP contribution in [0, 0.1) is 6.92 Å². The molecule has 1 atom stereocenters. The van der Waals surface area contributed by atoms with Gasteiger partial charge in [0.15, 0.2) is 11.5 Å². The third-order valence-corrected chi connectivity index (χ3v) is 4.96. The maximum atomic E-state index is 12.6. The lowest BCUT2D eigenvalue weighted by molar-refractivity contribution is 0.0553. The second-order valence-corrected chi connectivity index (χ2v) is 6.84. The van der Waals surface area contributed by atoms with Crippen LogP contribution in [0.3, 0.4) is 0 Å². The standard InChI is InChI=1S/C20H19N3O4/c1-12-2-4-15-16(6-12)23-14(9-25-10-19(23)22-15)8-21-20(24)13-3-5-17-18(7-13)27-11-26-17/h2-7,14H,8-11H2,1H3,(H,21,24). The molecule has 138 valence electrons.